The molecule has 0 aliphatic carbocycles. The van der Waals surface area contributed by atoms with Gasteiger partial charge in [0.1, 0.15) is 6.10 Å². The van der Waals surface area contributed by atoms with Crippen LogP contribution < -0.4 is 0 Å². The molecule has 0 bridgehead atoms. The molecule has 4 atom stereocenters. The lowest BCUT2D eigenvalue weighted by atomic mass is 9.94. The Labute approximate surface area is 175 Å². The SMILES string of the molecule is CC(=CCCCOC1C(=O)C(=O)OC1C(O)CO)CCCC(C)CCCC(C)C. The molecule has 2 N–H and O–H groups in total. The number of ether oxygens (including phenoxy) is 2. The highest BCUT2D eigenvalue weighted by Crippen LogP contribution is 2.21. The van der Waals surface area contributed by atoms with E-state index in [1.54, 1.807) is 0 Å². The zero-order chi connectivity index (χ0) is 21.8. The van der Waals surface area contributed by atoms with Gasteiger partial charge in [-0.1, -0.05) is 58.1 Å². The van der Waals surface area contributed by atoms with Gasteiger partial charge in [0.2, 0.25) is 0 Å². The van der Waals surface area contributed by atoms with Crippen LogP contribution in [0.5, 0.6) is 0 Å². The first-order chi connectivity index (χ1) is 13.8. The van der Waals surface area contributed by atoms with Gasteiger partial charge in [-0.05, 0) is 44.4 Å². The summed E-state index contributed by atoms with van der Waals surface area (Å²) in [4.78, 5) is 23.2. The quantitative estimate of drug-likeness (QED) is 0.185. The second-order valence-electron chi connectivity index (χ2n) is 8.79. The number of Topliss-reactive ketones (excluding diaryl/α,β-unsaturated/α-hetero) is 1. The van der Waals surface area contributed by atoms with Crippen LogP contribution >= 0.6 is 0 Å². The van der Waals surface area contributed by atoms with Gasteiger partial charge in [0.05, 0.1) is 6.61 Å². The second kappa shape index (κ2) is 13.9. The maximum atomic E-state index is 11.8. The van der Waals surface area contributed by atoms with Crippen LogP contribution in [0.25, 0.3) is 0 Å². The van der Waals surface area contributed by atoms with Crippen LogP contribution in [-0.4, -0.2) is 53.5 Å². The van der Waals surface area contributed by atoms with Crippen LogP contribution in [0.3, 0.4) is 0 Å². The van der Waals surface area contributed by atoms with E-state index >= 15 is 0 Å². The van der Waals surface area contributed by atoms with E-state index < -0.39 is 36.7 Å². The molecule has 1 aliphatic rings. The average molecular weight is 413 g/mol. The monoisotopic (exact) mass is 412 g/mol. The Morgan fingerprint density at radius 2 is 1.83 bits per heavy atom. The number of hydrogen-bond acceptors (Lipinski definition) is 6. The summed E-state index contributed by atoms with van der Waals surface area (Å²) in [6, 6.07) is 0. The number of aliphatic hydroxyl groups is 2. The molecule has 1 rings (SSSR count). The van der Waals surface area contributed by atoms with Crippen molar-refractivity contribution >= 4 is 11.8 Å². The minimum Gasteiger partial charge on any atom is -0.450 e. The zero-order valence-corrected chi connectivity index (χ0v) is 18.6. The van der Waals surface area contributed by atoms with Crippen LogP contribution in [0, 0.1) is 11.8 Å². The van der Waals surface area contributed by atoms with Crippen LogP contribution in [0.4, 0.5) is 0 Å². The lowest BCUT2D eigenvalue weighted by molar-refractivity contribution is -0.152. The van der Waals surface area contributed by atoms with Crippen molar-refractivity contribution in [3.05, 3.63) is 11.6 Å². The number of allylic oxidation sites excluding steroid dienone is 2. The maximum absolute atomic E-state index is 11.8. The molecular weight excluding hydrogens is 372 g/mol. The third kappa shape index (κ3) is 9.87. The highest BCUT2D eigenvalue weighted by atomic mass is 16.6. The first-order valence-electron chi connectivity index (χ1n) is 11.1. The third-order valence-electron chi connectivity index (χ3n) is 5.45. The highest BCUT2D eigenvalue weighted by Gasteiger charge is 2.47. The lowest BCUT2D eigenvalue weighted by Gasteiger charge is -2.20. The molecule has 1 aliphatic heterocycles. The summed E-state index contributed by atoms with van der Waals surface area (Å²) in [6.07, 6.45) is 7.70. The van der Waals surface area contributed by atoms with Crippen molar-refractivity contribution in [2.24, 2.45) is 11.8 Å². The topological polar surface area (TPSA) is 93.1 Å². The summed E-state index contributed by atoms with van der Waals surface area (Å²) >= 11 is 0. The molecule has 1 fully saturated rings. The van der Waals surface area contributed by atoms with Crippen molar-refractivity contribution in [1.82, 2.24) is 0 Å². The highest BCUT2D eigenvalue weighted by molar-refractivity contribution is 6.37. The van der Waals surface area contributed by atoms with E-state index in [4.69, 9.17) is 14.6 Å². The van der Waals surface area contributed by atoms with Gasteiger partial charge < -0.3 is 19.7 Å². The number of carbonyl (C=O) groups is 2. The fourth-order valence-electron chi connectivity index (χ4n) is 3.56. The average Bonchev–Trinajstić information content (AvgIpc) is 2.95. The molecule has 0 aromatic heterocycles. The third-order valence-corrected chi connectivity index (χ3v) is 5.45. The van der Waals surface area contributed by atoms with Crippen LogP contribution in [0.1, 0.15) is 79.1 Å². The van der Waals surface area contributed by atoms with E-state index in [0.29, 0.717) is 13.0 Å². The van der Waals surface area contributed by atoms with E-state index in [1.807, 2.05) is 0 Å². The Morgan fingerprint density at radius 3 is 2.48 bits per heavy atom. The summed E-state index contributed by atoms with van der Waals surface area (Å²) < 4.78 is 10.3. The predicted molar refractivity (Wildman–Crippen MR) is 112 cm³/mol. The molecule has 29 heavy (non-hydrogen) atoms. The van der Waals surface area contributed by atoms with Crippen molar-refractivity contribution in [3.63, 3.8) is 0 Å². The van der Waals surface area contributed by atoms with Gasteiger partial charge in [-0.15, -0.1) is 0 Å². The molecule has 4 unspecified atom stereocenters. The Balaban J connectivity index is 2.20. The predicted octanol–water partition coefficient (Wildman–Crippen LogP) is 3.58. The number of unbranched alkanes of at least 4 members (excludes halogenated alkanes) is 1. The van der Waals surface area contributed by atoms with Crippen LogP contribution in [0.2, 0.25) is 0 Å². The van der Waals surface area contributed by atoms with Gasteiger partial charge in [-0.3, -0.25) is 4.79 Å². The molecule has 168 valence electrons. The van der Waals surface area contributed by atoms with E-state index in [-0.39, 0.29) is 0 Å². The number of ketones is 1. The molecule has 0 radical (unpaired) electrons. The fourth-order valence-corrected chi connectivity index (χ4v) is 3.56. The lowest BCUT2D eigenvalue weighted by Crippen LogP contribution is -2.41. The minimum atomic E-state index is -1.31. The van der Waals surface area contributed by atoms with E-state index in [1.165, 1.54) is 37.7 Å². The summed E-state index contributed by atoms with van der Waals surface area (Å²) in [6.45, 7) is 8.74. The normalized spacial score (nSPS) is 22.2. The number of cyclic esters (lactones) is 1. The molecule has 0 aromatic rings. The number of esters is 1. The van der Waals surface area contributed by atoms with Crippen molar-refractivity contribution < 1.29 is 29.3 Å². The van der Waals surface area contributed by atoms with Crippen molar-refractivity contribution in [3.8, 4) is 0 Å². The Bertz CT molecular complexity index is 527. The van der Waals surface area contributed by atoms with Crippen LogP contribution in [0.15, 0.2) is 11.6 Å². The molecule has 0 amide bonds. The first-order valence-corrected chi connectivity index (χ1v) is 11.1. The number of rotatable bonds is 15. The van der Waals surface area contributed by atoms with E-state index in [9.17, 15) is 14.7 Å². The van der Waals surface area contributed by atoms with E-state index in [0.717, 1.165) is 24.7 Å². The molecule has 1 saturated heterocycles. The molecule has 0 aromatic carbocycles. The molecule has 6 heteroatoms. The van der Waals surface area contributed by atoms with Crippen molar-refractivity contribution in [2.75, 3.05) is 13.2 Å². The summed E-state index contributed by atoms with van der Waals surface area (Å²) in [7, 11) is 0. The number of carbonyl (C=O) groups excluding carboxylic acids is 2. The Morgan fingerprint density at radius 1 is 1.14 bits per heavy atom. The molecule has 1 heterocycles. The van der Waals surface area contributed by atoms with E-state index in [2.05, 4.69) is 33.8 Å². The van der Waals surface area contributed by atoms with Gasteiger partial charge in [0.15, 0.2) is 12.2 Å². The number of aliphatic hydroxyl groups excluding tert-OH is 2. The van der Waals surface area contributed by atoms with Crippen molar-refractivity contribution in [2.45, 2.75) is 97.4 Å². The van der Waals surface area contributed by atoms with Crippen molar-refractivity contribution in [1.29, 1.82) is 0 Å². The molecule has 0 saturated carbocycles. The maximum Gasteiger partial charge on any atom is 0.378 e. The standard InChI is InChI=1S/C23H40O6/c1-16(2)9-7-11-18(4)13-8-12-17(3)10-5-6-14-28-22-20(26)23(27)29-21(22)19(25)15-24/h10,16,18-19,21-22,24-25H,5-9,11-15H2,1-4H3. The minimum absolute atomic E-state index is 0.290. The van der Waals surface area contributed by atoms with Gasteiger partial charge in [-0.2, -0.15) is 0 Å². The van der Waals surface area contributed by atoms with Crippen LogP contribution in [-0.2, 0) is 19.1 Å². The van der Waals surface area contributed by atoms with Gasteiger partial charge in [0, 0.05) is 6.61 Å². The van der Waals surface area contributed by atoms with Gasteiger partial charge in [0.25, 0.3) is 5.78 Å². The molecular formula is C23H40O6. The van der Waals surface area contributed by atoms with Gasteiger partial charge in [-0.25, -0.2) is 4.79 Å². The Kier molecular flexibility index (Phi) is 12.4. The van der Waals surface area contributed by atoms with Gasteiger partial charge >= 0.3 is 5.97 Å². The Hall–Kier alpha value is -1.24. The fraction of sp³-hybridized carbons (Fsp3) is 0.826. The second-order valence-corrected chi connectivity index (χ2v) is 8.79. The smallest absolute Gasteiger partial charge is 0.378 e. The summed E-state index contributed by atoms with van der Waals surface area (Å²) in [5.74, 6) is -0.230. The zero-order valence-electron chi connectivity index (χ0n) is 18.6. The largest absolute Gasteiger partial charge is 0.450 e. The molecule has 6 nitrogen and oxygen atoms in total. The molecule has 0 spiro atoms. The summed E-state index contributed by atoms with van der Waals surface area (Å²) in [5, 5.41) is 18.7. The summed E-state index contributed by atoms with van der Waals surface area (Å²) in [5.41, 5.74) is 1.36. The number of hydrogen-bond donors (Lipinski definition) is 2. The first kappa shape index (κ1) is 25.8.